The van der Waals surface area contributed by atoms with Crippen LogP contribution in [0.15, 0.2) is 54.6 Å². The van der Waals surface area contributed by atoms with Crippen molar-refractivity contribution >= 4 is 46.8 Å². The summed E-state index contributed by atoms with van der Waals surface area (Å²) in [7, 11) is 0. The van der Waals surface area contributed by atoms with E-state index in [4.69, 9.17) is 27.9 Å². The second-order valence-electron chi connectivity index (χ2n) is 6.31. The highest BCUT2D eigenvalue weighted by Gasteiger charge is 2.22. The summed E-state index contributed by atoms with van der Waals surface area (Å²) in [6.07, 6.45) is 2.91. The van der Waals surface area contributed by atoms with Crippen molar-refractivity contribution in [2.24, 2.45) is 0 Å². The lowest BCUT2D eigenvalue weighted by molar-refractivity contribution is -0.148. The Hall–Kier alpha value is -2.50. The lowest BCUT2D eigenvalue weighted by Crippen LogP contribution is -2.50. The van der Waals surface area contributed by atoms with Gasteiger partial charge < -0.3 is 14.5 Å². The van der Waals surface area contributed by atoms with Crippen LogP contribution in [0.3, 0.4) is 0 Å². The summed E-state index contributed by atoms with van der Waals surface area (Å²) in [6, 6.07) is 14.7. The summed E-state index contributed by atoms with van der Waals surface area (Å²) < 4.78 is 5.06. The topological polar surface area (TPSA) is 49.9 Å². The number of nitrogens with zero attached hydrogens (tertiary/aromatic N) is 2. The number of para-hydroxylation sites is 1. The molecule has 0 spiro atoms. The average molecular weight is 419 g/mol. The van der Waals surface area contributed by atoms with Gasteiger partial charge in [0.05, 0.1) is 10.7 Å². The molecule has 28 heavy (non-hydrogen) atoms. The van der Waals surface area contributed by atoms with Gasteiger partial charge in [-0.15, -0.1) is 0 Å². The molecule has 0 bridgehead atoms. The molecule has 2 aromatic rings. The summed E-state index contributed by atoms with van der Waals surface area (Å²) in [5.74, 6) is -0.759. The van der Waals surface area contributed by atoms with E-state index in [0.717, 1.165) is 11.3 Å². The quantitative estimate of drug-likeness (QED) is 0.545. The molecule has 0 unspecified atom stereocenters. The number of halogens is 2. The number of piperazine rings is 1. The number of benzene rings is 2. The molecule has 7 heteroatoms. The van der Waals surface area contributed by atoms with Gasteiger partial charge in [0, 0.05) is 37.3 Å². The molecule has 0 aliphatic carbocycles. The Labute approximate surface area is 174 Å². The Kier molecular flexibility index (Phi) is 6.95. The van der Waals surface area contributed by atoms with Crippen LogP contribution in [0.1, 0.15) is 5.56 Å². The molecule has 3 rings (SSSR count). The van der Waals surface area contributed by atoms with E-state index in [1.807, 2.05) is 24.3 Å². The van der Waals surface area contributed by atoms with Crippen LogP contribution in [0.5, 0.6) is 0 Å². The number of carbonyl (C=O) groups is 2. The first kappa shape index (κ1) is 20.2. The molecule has 0 aromatic heterocycles. The van der Waals surface area contributed by atoms with Crippen LogP contribution in [-0.4, -0.2) is 49.6 Å². The third kappa shape index (κ3) is 5.50. The standard InChI is InChI=1S/C21H20Cl2N2O3/c22-17-8-5-16(6-9-17)7-10-21(27)28-15-20(26)25-13-11-24(12-14-25)19-4-2-1-3-18(19)23/h1-10H,11-15H2/b10-7+. The minimum absolute atomic E-state index is 0.202. The fraction of sp³-hybridized carbons (Fsp3) is 0.238. The lowest BCUT2D eigenvalue weighted by Gasteiger charge is -2.36. The Bertz CT molecular complexity index is 860. The molecule has 0 saturated carbocycles. The third-order valence-corrected chi connectivity index (χ3v) is 5.02. The molecule has 1 aliphatic rings. The van der Waals surface area contributed by atoms with E-state index >= 15 is 0 Å². The zero-order valence-corrected chi connectivity index (χ0v) is 16.7. The molecule has 146 valence electrons. The fourth-order valence-corrected chi connectivity index (χ4v) is 3.30. The fourth-order valence-electron chi connectivity index (χ4n) is 2.92. The number of carbonyl (C=O) groups excluding carboxylic acids is 2. The predicted octanol–water partition coefficient (Wildman–Crippen LogP) is 3.90. The van der Waals surface area contributed by atoms with Gasteiger partial charge in [0.15, 0.2) is 6.61 Å². The summed E-state index contributed by atoms with van der Waals surface area (Å²) in [4.78, 5) is 27.9. The first-order valence-electron chi connectivity index (χ1n) is 8.90. The molecule has 1 amide bonds. The van der Waals surface area contributed by atoms with E-state index in [2.05, 4.69) is 4.90 Å². The molecule has 2 aromatic carbocycles. The SMILES string of the molecule is O=C(/C=C/c1ccc(Cl)cc1)OCC(=O)N1CCN(c2ccccc2Cl)CC1. The van der Waals surface area contributed by atoms with Gasteiger partial charge in [0.25, 0.3) is 5.91 Å². The lowest BCUT2D eigenvalue weighted by atomic mass is 10.2. The van der Waals surface area contributed by atoms with E-state index in [9.17, 15) is 9.59 Å². The maximum absolute atomic E-state index is 12.3. The number of amides is 1. The largest absolute Gasteiger partial charge is 0.452 e. The van der Waals surface area contributed by atoms with Crippen LogP contribution in [0.2, 0.25) is 10.0 Å². The van der Waals surface area contributed by atoms with Crippen LogP contribution >= 0.6 is 23.2 Å². The predicted molar refractivity (Wildman–Crippen MR) is 112 cm³/mol. The Balaban J connectivity index is 1.43. The van der Waals surface area contributed by atoms with Gasteiger partial charge in [-0.05, 0) is 35.9 Å². The van der Waals surface area contributed by atoms with Gasteiger partial charge in [-0.1, -0.05) is 47.5 Å². The molecule has 0 N–H and O–H groups in total. The van der Waals surface area contributed by atoms with Gasteiger partial charge in [-0.2, -0.15) is 0 Å². The van der Waals surface area contributed by atoms with Crippen LogP contribution in [0, 0.1) is 0 Å². The highest BCUT2D eigenvalue weighted by Crippen LogP contribution is 2.26. The Morgan fingerprint density at radius 2 is 1.64 bits per heavy atom. The van der Waals surface area contributed by atoms with E-state index in [-0.39, 0.29) is 12.5 Å². The van der Waals surface area contributed by atoms with E-state index in [0.29, 0.717) is 36.2 Å². The van der Waals surface area contributed by atoms with E-state index < -0.39 is 5.97 Å². The van der Waals surface area contributed by atoms with Crippen LogP contribution in [-0.2, 0) is 14.3 Å². The number of hydrogen-bond acceptors (Lipinski definition) is 4. The minimum atomic E-state index is -0.557. The number of rotatable bonds is 5. The molecule has 1 heterocycles. The smallest absolute Gasteiger partial charge is 0.331 e. The number of esters is 1. The monoisotopic (exact) mass is 418 g/mol. The zero-order chi connectivity index (χ0) is 19.9. The van der Waals surface area contributed by atoms with Crippen molar-refractivity contribution < 1.29 is 14.3 Å². The second-order valence-corrected chi connectivity index (χ2v) is 7.16. The first-order chi connectivity index (χ1) is 13.5. The maximum atomic E-state index is 12.3. The maximum Gasteiger partial charge on any atom is 0.331 e. The van der Waals surface area contributed by atoms with Crippen LogP contribution in [0.4, 0.5) is 5.69 Å². The minimum Gasteiger partial charge on any atom is -0.452 e. The molecule has 0 radical (unpaired) electrons. The van der Waals surface area contributed by atoms with Crippen molar-refractivity contribution in [2.75, 3.05) is 37.7 Å². The summed E-state index contributed by atoms with van der Waals surface area (Å²) in [6.45, 7) is 2.21. The molecule has 1 saturated heterocycles. The molecule has 1 fully saturated rings. The Morgan fingerprint density at radius 3 is 2.32 bits per heavy atom. The summed E-state index contributed by atoms with van der Waals surface area (Å²) >= 11 is 12.0. The van der Waals surface area contributed by atoms with Crippen molar-refractivity contribution in [1.82, 2.24) is 4.90 Å². The van der Waals surface area contributed by atoms with Gasteiger partial charge in [-0.3, -0.25) is 4.79 Å². The van der Waals surface area contributed by atoms with E-state index in [1.54, 1.807) is 35.2 Å². The van der Waals surface area contributed by atoms with Crippen molar-refractivity contribution in [3.63, 3.8) is 0 Å². The van der Waals surface area contributed by atoms with Crippen molar-refractivity contribution in [3.8, 4) is 0 Å². The third-order valence-electron chi connectivity index (χ3n) is 4.45. The number of ether oxygens (including phenoxy) is 1. The molecular weight excluding hydrogens is 399 g/mol. The number of hydrogen-bond donors (Lipinski definition) is 0. The van der Waals surface area contributed by atoms with Crippen LogP contribution in [0.25, 0.3) is 6.08 Å². The van der Waals surface area contributed by atoms with Crippen molar-refractivity contribution in [2.45, 2.75) is 0 Å². The second kappa shape index (κ2) is 9.62. The van der Waals surface area contributed by atoms with Gasteiger partial charge in [0.1, 0.15) is 0 Å². The molecule has 0 atom stereocenters. The summed E-state index contributed by atoms with van der Waals surface area (Å²) in [5.41, 5.74) is 1.79. The summed E-state index contributed by atoms with van der Waals surface area (Å²) in [5, 5.41) is 1.32. The average Bonchev–Trinajstić information content (AvgIpc) is 2.72. The van der Waals surface area contributed by atoms with Crippen molar-refractivity contribution in [1.29, 1.82) is 0 Å². The van der Waals surface area contributed by atoms with Crippen LogP contribution < -0.4 is 4.90 Å². The van der Waals surface area contributed by atoms with Gasteiger partial charge >= 0.3 is 5.97 Å². The van der Waals surface area contributed by atoms with Gasteiger partial charge in [0.2, 0.25) is 0 Å². The molecular formula is C21H20Cl2N2O3. The van der Waals surface area contributed by atoms with Crippen molar-refractivity contribution in [3.05, 3.63) is 70.2 Å². The van der Waals surface area contributed by atoms with E-state index in [1.165, 1.54) is 6.08 Å². The first-order valence-corrected chi connectivity index (χ1v) is 9.66. The highest BCUT2D eigenvalue weighted by atomic mass is 35.5. The van der Waals surface area contributed by atoms with Gasteiger partial charge in [-0.25, -0.2) is 4.79 Å². The Morgan fingerprint density at radius 1 is 0.964 bits per heavy atom. The molecule has 1 aliphatic heterocycles. The number of anilines is 1. The highest BCUT2D eigenvalue weighted by molar-refractivity contribution is 6.33. The molecule has 5 nitrogen and oxygen atoms in total. The normalized spacial score (nSPS) is 14.4. The zero-order valence-electron chi connectivity index (χ0n) is 15.2.